The molecule has 0 saturated carbocycles. The van der Waals surface area contributed by atoms with Gasteiger partial charge in [-0.1, -0.05) is 48.6 Å². The number of fused-ring (bicyclic) bond motifs is 7. The van der Waals surface area contributed by atoms with Gasteiger partial charge in [-0.25, -0.2) is 9.98 Å². The zero-order chi connectivity index (χ0) is 25.6. The molecule has 6 heteroatoms. The van der Waals surface area contributed by atoms with E-state index in [-0.39, 0.29) is 11.1 Å². The Labute approximate surface area is 211 Å². The summed E-state index contributed by atoms with van der Waals surface area (Å²) in [5.74, 6) is 0.551. The van der Waals surface area contributed by atoms with Crippen molar-refractivity contribution in [2.45, 2.75) is 20.8 Å². The second kappa shape index (κ2) is 7.34. The largest absolute Gasteiger partial charge is 0.268 e. The quantitative estimate of drug-likeness (QED) is 0.311. The number of rotatable bonds is 1. The standard InChI is InChI=1S/C31H22N4O2/c1-5-9-24-26(16(3)4)22(6-2)32-28-18-14-21-19(15-20(18)30(36)34(24)28)29-33-23-12-7-10-17-11-8-13-25(27(17)23)35(29)31(21)37/h5-15H,1H2,2-4H3/b22-6+,24-9+. The van der Waals surface area contributed by atoms with Gasteiger partial charge in [-0.05, 0) is 56.5 Å². The van der Waals surface area contributed by atoms with Crippen LogP contribution in [0.1, 0.15) is 20.8 Å². The summed E-state index contributed by atoms with van der Waals surface area (Å²) in [4.78, 5) is 37.5. The number of hydrogen-bond acceptors (Lipinski definition) is 4. The lowest BCUT2D eigenvalue weighted by Crippen LogP contribution is -2.30. The first-order valence-corrected chi connectivity index (χ1v) is 12.2. The summed E-state index contributed by atoms with van der Waals surface area (Å²) in [5.41, 5.74) is 5.29. The molecule has 0 unspecified atom stereocenters. The smallest absolute Gasteiger partial charge is 0.264 e. The molecule has 0 radical (unpaired) electrons. The number of hydrogen-bond donors (Lipinski definition) is 0. The molecule has 0 aliphatic carbocycles. The highest BCUT2D eigenvalue weighted by Crippen LogP contribution is 2.34. The molecule has 0 N–H and O–H groups in total. The lowest BCUT2D eigenvalue weighted by molar-refractivity contribution is 0.924. The van der Waals surface area contributed by atoms with Crippen LogP contribution in [0.3, 0.4) is 0 Å². The molecule has 7 rings (SSSR count). The SMILES string of the molecule is C=C/C=C1\C(=C(C)C)/C(=C\C)N=c2c3cc4c(=O)n5c6cccc7cccc(nc-5c4cc3c(=O)n21)c76. The lowest BCUT2D eigenvalue weighted by atomic mass is 10.0. The van der Waals surface area contributed by atoms with Crippen molar-refractivity contribution >= 4 is 49.0 Å². The summed E-state index contributed by atoms with van der Waals surface area (Å²) in [6.07, 6.45) is 5.46. The fourth-order valence-corrected chi connectivity index (χ4v) is 5.76. The Hall–Kier alpha value is -4.84. The van der Waals surface area contributed by atoms with Crippen LogP contribution in [0, 0.1) is 0 Å². The minimum atomic E-state index is -0.177. The van der Waals surface area contributed by atoms with Crippen LogP contribution in [0.4, 0.5) is 0 Å². The number of nitrogens with zero attached hydrogens (tertiary/aromatic N) is 4. The molecule has 37 heavy (non-hydrogen) atoms. The van der Waals surface area contributed by atoms with Crippen molar-refractivity contribution in [1.29, 1.82) is 0 Å². The minimum absolute atomic E-state index is 0.154. The van der Waals surface area contributed by atoms with Crippen LogP contribution in [-0.2, 0) is 0 Å². The topological polar surface area (TPSA) is 69.2 Å². The van der Waals surface area contributed by atoms with E-state index in [4.69, 9.17) is 9.98 Å². The fourth-order valence-electron chi connectivity index (χ4n) is 5.76. The summed E-state index contributed by atoms with van der Waals surface area (Å²) < 4.78 is 3.31. The van der Waals surface area contributed by atoms with Gasteiger partial charge in [0.15, 0.2) is 0 Å². The van der Waals surface area contributed by atoms with E-state index in [0.717, 1.165) is 44.3 Å². The van der Waals surface area contributed by atoms with E-state index >= 15 is 0 Å². The van der Waals surface area contributed by atoms with Crippen LogP contribution < -0.4 is 16.6 Å². The van der Waals surface area contributed by atoms with E-state index in [1.165, 1.54) is 0 Å². The number of allylic oxidation sites excluding steroid dienone is 5. The molecule has 4 heterocycles. The van der Waals surface area contributed by atoms with Crippen molar-refractivity contribution in [1.82, 2.24) is 14.1 Å². The Morgan fingerprint density at radius 2 is 1.62 bits per heavy atom. The lowest BCUT2D eigenvalue weighted by Gasteiger charge is -2.19. The van der Waals surface area contributed by atoms with Crippen LogP contribution in [0.5, 0.6) is 0 Å². The number of aromatic nitrogens is 3. The van der Waals surface area contributed by atoms with Crippen molar-refractivity contribution in [3.05, 3.63) is 116 Å². The summed E-state index contributed by atoms with van der Waals surface area (Å²) in [6, 6.07) is 15.5. The Kier molecular flexibility index (Phi) is 4.25. The highest BCUT2D eigenvalue weighted by Gasteiger charge is 2.27. The van der Waals surface area contributed by atoms with Gasteiger partial charge in [0.2, 0.25) is 0 Å². The molecule has 0 saturated heterocycles. The van der Waals surface area contributed by atoms with E-state index in [1.54, 1.807) is 15.2 Å². The highest BCUT2D eigenvalue weighted by atomic mass is 16.1. The Bertz CT molecular complexity index is 2210. The molecule has 0 amide bonds. The molecule has 0 bridgehead atoms. The van der Waals surface area contributed by atoms with Gasteiger partial charge in [0.05, 0.1) is 33.2 Å². The summed E-state index contributed by atoms with van der Waals surface area (Å²) in [7, 11) is 0. The van der Waals surface area contributed by atoms with Gasteiger partial charge in [-0.15, -0.1) is 0 Å². The molecule has 3 aromatic carbocycles. The first-order valence-electron chi connectivity index (χ1n) is 12.2. The third-order valence-corrected chi connectivity index (χ3v) is 7.29. The van der Waals surface area contributed by atoms with Crippen molar-refractivity contribution in [3.63, 3.8) is 0 Å². The molecule has 4 aromatic rings. The normalized spacial score (nSPS) is 16.0. The summed E-state index contributed by atoms with van der Waals surface area (Å²) >= 11 is 0. The van der Waals surface area contributed by atoms with Gasteiger partial charge in [0, 0.05) is 21.7 Å². The molecule has 178 valence electrons. The van der Waals surface area contributed by atoms with E-state index in [0.29, 0.717) is 32.9 Å². The van der Waals surface area contributed by atoms with Crippen LogP contribution >= 0.6 is 0 Å². The molecule has 0 fully saturated rings. The zero-order valence-corrected chi connectivity index (χ0v) is 20.7. The molecule has 0 atom stereocenters. The molecule has 1 aromatic heterocycles. The maximum Gasteiger partial charge on any atom is 0.264 e. The van der Waals surface area contributed by atoms with E-state index in [1.807, 2.05) is 81.5 Å². The van der Waals surface area contributed by atoms with Crippen molar-refractivity contribution in [2.75, 3.05) is 0 Å². The Morgan fingerprint density at radius 1 is 0.919 bits per heavy atom. The van der Waals surface area contributed by atoms with Crippen molar-refractivity contribution in [2.24, 2.45) is 4.99 Å². The Morgan fingerprint density at radius 3 is 2.35 bits per heavy atom. The highest BCUT2D eigenvalue weighted by molar-refractivity contribution is 6.11. The van der Waals surface area contributed by atoms with Gasteiger partial charge in [-0.2, -0.15) is 0 Å². The van der Waals surface area contributed by atoms with E-state index in [9.17, 15) is 9.59 Å². The molecular weight excluding hydrogens is 460 g/mol. The second-order valence-corrected chi connectivity index (χ2v) is 9.58. The minimum Gasteiger partial charge on any atom is -0.268 e. The first-order chi connectivity index (χ1) is 17.9. The van der Waals surface area contributed by atoms with E-state index < -0.39 is 0 Å². The first kappa shape index (κ1) is 21.4. The van der Waals surface area contributed by atoms with Crippen molar-refractivity contribution in [3.8, 4) is 5.82 Å². The average molecular weight is 483 g/mol. The summed E-state index contributed by atoms with van der Waals surface area (Å²) in [5, 5.41) is 4.31. The Balaban J connectivity index is 1.69. The van der Waals surface area contributed by atoms with Crippen LogP contribution in [0.2, 0.25) is 0 Å². The fraction of sp³-hybridized carbons (Fsp3) is 0.0968. The molecule has 6 nitrogen and oxygen atoms in total. The molecule has 3 aliphatic heterocycles. The van der Waals surface area contributed by atoms with Gasteiger partial charge >= 0.3 is 0 Å². The van der Waals surface area contributed by atoms with Crippen LogP contribution in [0.15, 0.2) is 105 Å². The van der Waals surface area contributed by atoms with Crippen molar-refractivity contribution < 1.29 is 0 Å². The predicted molar refractivity (Wildman–Crippen MR) is 150 cm³/mol. The third-order valence-electron chi connectivity index (χ3n) is 7.29. The molecule has 3 aliphatic rings. The van der Waals surface area contributed by atoms with Gasteiger partial charge in [0.1, 0.15) is 11.3 Å². The van der Waals surface area contributed by atoms with Crippen LogP contribution in [0.25, 0.3) is 54.9 Å². The second-order valence-electron chi connectivity index (χ2n) is 9.58. The monoisotopic (exact) mass is 482 g/mol. The maximum absolute atomic E-state index is 13.9. The van der Waals surface area contributed by atoms with Gasteiger partial charge < -0.3 is 0 Å². The van der Waals surface area contributed by atoms with E-state index in [2.05, 4.69) is 6.58 Å². The predicted octanol–water partition coefficient (Wildman–Crippen LogP) is 5.50. The van der Waals surface area contributed by atoms with Gasteiger partial charge in [-0.3, -0.25) is 18.7 Å². The average Bonchev–Trinajstić information content (AvgIpc) is 3.33. The van der Waals surface area contributed by atoms with Crippen LogP contribution in [-0.4, -0.2) is 14.1 Å². The zero-order valence-electron chi connectivity index (χ0n) is 20.7. The summed E-state index contributed by atoms with van der Waals surface area (Å²) in [6.45, 7) is 9.81. The maximum atomic E-state index is 13.9. The molecule has 0 spiro atoms. The number of benzene rings is 3. The molecular formula is C31H22N4O2. The van der Waals surface area contributed by atoms with Gasteiger partial charge in [0.25, 0.3) is 11.1 Å². The third kappa shape index (κ3) is 2.64.